The van der Waals surface area contributed by atoms with Gasteiger partial charge in [0.15, 0.2) is 5.84 Å². The van der Waals surface area contributed by atoms with Gasteiger partial charge in [-0.25, -0.2) is 4.99 Å². The second-order valence-electron chi connectivity index (χ2n) is 5.81. The molecule has 24 heavy (non-hydrogen) atoms. The van der Waals surface area contributed by atoms with Crippen molar-refractivity contribution < 1.29 is 0 Å². The fraction of sp³-hybridized carbons (Fsp3) is 0.222. The van der Waals surface area contributed by atoms with Crippen molar-refractivity contribution >= 4 is 28.8 Å². The Hall–Kier alpha value is -2.53. The summed E-state index contributed by atoms with van der Waals surface area (Å²) in [7, 11) is 0. The molecule has 5 nitrogen and oxygen atoms in total. The van der Waals surface area contributed by atoms with E-state index in [2.05, 4.69) is 33.3 Å². The highest BCUT2D eigenvalue weighted by Gasteiger charge is 2.26. The molecule has 1 N–H and O–H groups in total. The Bertz CT molecular complexity index is 927. The minimum absolute atomic E-state index is 0.626. The van der Waals surface area contributed by atoms with Crippen LogP contribution in [0.5, 0.6) is 0 Å². The van der Waals surface area contributed by atoms with Crippen LogP contribution in [0, 0.1) is 0 Å². The lowest BCUT2D eigenvalue weighted by atomic mass is 10.0. The van der Waals surface area contributed by atoms with Crippen molar-refractivity contribution in [1.29, 1.82) is 0 Å². The second kappa shape index (κ2) is 5.83. The molecule has 0 bridgehead atoms. The van der Waals surface area contributed by atoms with Crippen molar-refractivity contribution in [3.05, 3.63) is 63.8 Å². The number of rotatable bonds is 2. The van der Waals surface area contributed by atoms with Crippen LogP contribution >= 0.6 is 11.6 Å². The molecule has 0 amide bonds. The van der Waals surface area contributed by atoms with E-state index in [1.54, 1.807) is 18.5 Å². The molecule has 2 aliphatic rings. The third kappa shape index (κ3) is 2.41. The maximum Gasteiger partial charge on any atom is 0.152 e. The third-order valence-corrected chi connectivity index (χ3v) is 4.51. The number of pyridine rings is 2. The fourth-order valence-electron chi connectivity index (χ4n) is 2.84. The maximum atomic E-state index is 6.43. The molecule has 2 aromatic rings. The van der Waals surface area contributed by atoms with Crippen LogP contribution in [0.4, 0.5) is 5.69 Å². The third-order valence-electron chi connectivity index (χ3n) is 4.18. The van der Waals surface area contributed by atoms with Crippen molar-refractivity contribution in [2.24, 2.45) is 9.98 Å². The highest BCUT2D eigenvalue weighted by atomic mass is 35.5. The highest BCUT2D eigenvalue weighted by Crippen LogP contribution is 2.30. The molecule has 0 spiro atoms. The summed E-state index contributed by atoms with van der Waals surface area (Å²) >= 11 is 6.43. The number of aryl methyl sites for hydroxylation is 1. The first kappa shape index (κ1) is 15.0. The van der Waals surface area contributed by atoms with Gasteiger partial charge in [0.25, 0.3) is 0 Å². The average Bonchev–Trinajstić information content (AvgIpc) is 2.85. The predicted octanol–water partition coefficient (Wildman–Crippen LogP) is 3.64. The van der Waals surface area contributed by atoms with E-state index in [1.165, 1.54) is 0 Å². The number of hydrogen-bond donors (Lipinski definition) is 1. The Labute approximate surface area is 145 Å². The maximum absolute atomic E-state index is 6.43. The van der Waals surface area contributed by atoms with Gasteiger partial charge in [-0.2, -0.15) is 0 Å². The van der Waals surface area contributed by atoms with Gasteiger partial charge >= 0.3 is 0 Å². The molecule has 0 fully saturated rings. The fourth-order valence-corrected chi connectivity index (χ4v) is 3.04. The molecule has 0 radical (unpaired) electrons. The average molecular weight is 338 g/mol. The normalized spacial score (nSPS) is 16.0. The van der Waals surface area contributed by atoms with Crippen LogP contribution in [0.2, 0.25) is 5.02 Å². The Balaban J connectivity index is 2.01. The minimum atomic E-state index is 0.626. The van der Waals surface area contributed by atoms with Crippen LogP contribution in [0.3, 0.4) is 0 Å². The van der Waals surface area contributed by atoms with Gasteiger partial charge in [0.2, 0.25) is 0 Å². The summed E-state index contributed by atoms with van der Waals surface area (Å²) in [6.07, 6.45) is 6.13. The zero-order valence-electron chi connectivity index (χ0n) is 13.5. The predicted molar refractivity (Wildman–Crippen MR) is 97.1 cm³/mol. The van der Waals surface area contributed by atoms with Gasteiger partial charge in [-0.05, 0) is 31.1 Å². The number of aromatic nitrogens is 2. The van der Waals surface area contributed by atoms with Crippen LogP contribution < -0.4 is 5.32 Å². The molecule has 0 atom stereocenters. The summed E-state index contributed by atoms with van der Waals surface area (Å²) in [5, 5.41) is 4.00. The van der Waals surface area contributed by atoms with Crippen LogP contribution in [0.25, 0.3) is 0 Å². The van der Waals surface area contributed by atoms with E-state index >= 15 is 0 Å². The zero-order chi connectivity index (χ0) is 16.7. The monoisotopic (exact) mass is 337 g/mol. The number of halogens is 1. The van der Waals surface area contributed by atoms with Gasteiger partial charge in [0, 0.05) is 29.2 Å². The van der Waals surface area contributed by atoms with Gasteiger partial charge < -0.3 is 5.32 Å². The molecule has 6 heteroatoms. The standard InChI is InChI=1S/C18H16ClN5/c1-3-11-6-12-15(9-21-11)23-18-16(10(2)7-22-18)24-17(12)13-8-20-5-4-14(13)19/h4-6,8-9H,3,7H2,1-2H3,(H,22,23). The van der Waals surface area contributed by atoms with E-state index in [-0.39, 0.29) is 0 Å². The number of amidine groups is 1. The Morgan fingerprint density at radius 2 is 2.12 bits per heavy atom. The second-order valence-corrected chi connectivity index (χ2v) is 6.22. The van der Waals surface area contributed by atoms with Crippen molar-refractivity contribution in [2.75, 3.05) is 11.9 Å². The summed E-state index contributed by atoms with van der Waals surface area (Å²) in [4.78, 5) is 18.2. The van der Waals surface area contributed by atoms with Crippen molar-refractivity contribution in [2.45, 2.75) is 20.3 Å². The highest BCUT2D eigenvalue weighted by molar-refractivity contribution is 6.36. The Morgan fingerprint density at radius 1 is 1.25 bits per heavy atom. The van der Waals surface area contributed by atoms with Gasteiger partial charge in [-0.15, -0.1) is 0 Å². The van der Waals surface area contributed by atoms with Gasteiger partial charge in [0.1, 0.15) is 5.70 Å². The summed E-state index contributed by atoms with van der Waals surface area (Å²) in [5.41, 5.74) is 6.47. The van der Waals surface area contributed by atoms with E-state index in [1.807, 2.05) is 13.1 Å². The molecule has 4 heterocycles. The quantitative estimate of drug-likeness (QED) is 0.910. The lowest BCUT2D eigenvalue weighted by Crippen LogP contribution is -2.12. The Morgan fingerprint density at radius 3 is 2.92 bits per heavy atom. The van der Waals surface area contributed by atoms with Crippen LogP contribution in [-0.4, -0.2) is 28.1 Å². The van der Waals surface area contributed by atoms with Crippen molar-refractivity contribution in [3.8, 4) is 0 Å². The SMILES string of the molecule is CCc1cc2c(cn1)NC1=NCC(C)=C1N=C2c1cnccc1Cl. The molecule has 0 saturated carbocycles. The van der Waals surface area contributed by atoms with E-state index in [0.29, 0.717) is 11.6 Å². The summed E-state index contributed by atoms with van der Waals surface area (Å²) in [6.45, 7) is 4.79. The van der Waals surface area contributed by atoms with E-state index < -0.39 is 0 Å². The number of aliphatic imine (C=N–C) groups is 2. The minimum Gasteiger partial charge on any atom is -0.337 e. The summed E-state index contributed by atoms with van der Waals surface area (Å²) in [6, 6.07) is 3.84. The molecular formula is C18H16ClN5. The first-order chi connectivity index (χ1) is 11.7. The lowest BCUT2D eigenvalue weighted by molar-refractivity contribution is 1.03. The largest absolute Gasteiger partial charge is 0.337 e. The van der Waals surface area contributed by atoms with Gasteiger partial charge in [-0.1, -0.05) is 18.5 Å². The molecule has 0 unspecified atom stereocenters. The molecule has 120 valence electrons. The molecule has 0 aromatic carbocycles. The topological polar surface area (TPSA) is 62.5 Å². The van der Waals surface area contributed by atoms with Crippen LogP contribution in [0.1, 0.15) is 30.7 Å². The number of nitrogens with zero attached hydrogens (tertiary/aromatic N) is 4. The molecule has 4 rings (SSSR count). The smallest absolute Gasteiger partial charge is 0.152 e. The first-order valence-electron chi connectivity index (χ1n) is 7.87. The van der Waals surface area contributed by atoms with E-state index in [9.17, 15) is 0 Å². The van der Waals surface area contributed by atoms with E-state index in [4.69, 9.17) is 16.6 Å². The molecule has 2 aromatic heterocycles. The summed E-state index contributed by atoms with van der Waals surface area (Å²) in [5.74, 6) is 0.787. The number of fused-ring (bicyclic) bond motifs is 2. The van der Waals surface area contributed by atoms with E-state index in [0.717, 1.165) is 51.7 Å². The van der Waals surface area contributed by atoms with Crippen molar-refractivity contribution in [1.82, 2.24) is 9.97 Å². The zero-order valence-corrected chi connectivity index (χ0v) is 14.2. The lowest BCUT2D eigenvalue weighted by Gasteiger charge is -2.12. The number of nitrogens with one attached hydrogen (secondary N) is 1. The molecule has 2 aliphatic heterocycles. The molecular weight excluding hydrogens is 322 g/mol. The first-order valence-corrected chi connectivity index (χ1v) is 8.24. The van der Waals surface area contributed by atoms with Crippen LogP contribution in [-0.2, 0) is 6.42 Å². The Kier molecular flexibility index (Phi) is 3.65. The van der Waals surface area contributed by atoms with Crippen molar-refractivity contribution in [3.63, 3.8) is 0 Å². The van der Waals surface area contributed by atoms with Gasteiger partial charge in [0.05, 0.1) is 29.2 Å². The number of hydrogen-bond acceptors (Lipinski definition) is 5. The molecule has 0 saturated heterocycles. The molecule has 0 aliphatic carbocycles. The summed E-state index contributed by atoms with van der Waals surface area (Å²) < 4.78 is 0. The van der Waals surface area contributed by atoms with Crippen LogP contribution in [0.15, 0.2) is 52.0 Å². The number of anilines is 1. The van der Waals surface area contributed by atoms with Gasteiger partial charge in [-0.3, -0.25) is 15.0 Å².